The van der Waals surface area contributed by atoms with E-state index in [0.717, 1.165) is 78.6 Å². The third-order valence-electron chi connectivity index (χ3n) is 7.85. The zero-order chi connectivity index (χ0) is 28.1. The van der Waals surface area contributed by atoms with Crippen LogP contribution in [0.3, 0.4) is 0 Å². The van der Waals surface area contributed by atoms with Crippen LogP contribution in [0.4, 0.5) is 5.69 Å². The Labute approximate surface area is 240 Å². The number of pyridine rings is 1. The average molecular weight is 565 g/mol. The second-order valence-electron chi connectivity index (χ2n) is 10.9. The number of nitrogens with one attached hydrogen (secondary N) is 1. The van der Waals surface area contributed by atoms with Crippen molar-refractivity contribution in [2.45, 2.75) is 51.5 Å². The minimum Gasteiger partial charge on any atom is -0.494 e. The van der Waals surface area contributed by atoms with E-state index in [1.807, 2.05) is 23.2 Å². The summed E-state index contributed by atoms with van der Waals surface area (Å²) in [7, 11) is 1.71. The van der Waals surface area contributed by atoms with Crippen molar-refractivity contribution in [3.8, 4) is 5.75 Å². The highest BCUT2D eigenvalue weighted by Crippen LogP contribution is 2.36. The van der Waals surface area contributed by atoms with Gasteiger partial charge in [0.2, 0.25) is 11.8 Å². The van der Waals surface area contributed by atoms with Crippen molar-refractivity contribution in [2.24, 2.45) is 0 Å². The highest BCUT2D eigenvalue weighted by molar-refractivity contribution is 7.09. The molecule has 214 valence electrons. The van der Waals surface area contributed by atoms with Crippen LogP contribution in [0, 0.1) is 0 Å². The van der Waals surface area contributed by atoms with Crippen LogP contribution in [0.5, 0.6) is 5.75 Å². The highest BCUT2D eigenvalue weighted by Gasteiger charge is 2.29. The predicted octanol–water partition coefficient (Wildman–Crippen LogP) is 4.21. The number of aromatic nitrogens is 2. The van der Waals surface area contributed by atoms with Gasteiger partial charge in [-0.1, -0.05) is 19.9 Å². The van der Waals surface area contributed by atoms with Crippen molar-refractivity contribution < 1.29 is 14.3 Å². The summed E-state index contributed by atoms with van der Waals surface area (Å²) >= 11 is 1.67. The number of methoxy groups -OCH3 is 1. The van der Waals surface area contributed by atoms with E-state index in [2.05, 4.69) is 46.5 Å². The number of nitrogens with zero attached hydrogens (tertiary/aromatic N) is 5. The minimum absolute atomic E-state index is 0.00299. The quantitative estimate of drug-likeness (QED) is 0.395. The standard InChI is InChI=1S/C30H40N6O3S/c1-21(2)30-33-23(20-40-30)24(19-26(37)31-12-16-35-13-5-8-27(35)38)34-14-6-15-36(18-17-34)29-25(39-3)10-9-22-7-4-11-32-28(22)29/h4,7,9-11,20-21,24H,5-6,8,12-19H2,1-3H3,(H,31,37). The summed E-state index contributed by atoms with van der Waals surface area (Å²) < 4.78 is 5.77. The van der Waals surface area contributed by atoms with Crippen LogP contribution in [-0.2, 0) is 9.59 Å². The van der Waals surface area contributed by atoms with Gasteiger partial charge in [-0.2, -0.15) is 0 Å². The number of amides is 2. The molecule has 3 aromatic rings. The fraction of sp³-hybridized carbons (Fsp3) is 0.533. The number of hydrogen-bond donors (Lipinski definition) is 1. The Kier molecular flexibility index (Phi) is 9.16. The molecule has 2 aliphatic heterocycles. The van der Waals surface area contributed by atoms with Gasteiger partial charge in [0.25, 0.3) is 0 Å². The Hall–Kier alpha value is -3.24. The number of ether oxygens (including phenoxy) is 1. The second-order valence-corrected chi connectivity index (χ2v) is 11.8. The maximum atomic E-state index is 13.2. The number of carbonyl (C=O) groups is 2. The molecular weight excluding hydrogens is 524 g/mol. The van der Waals surface area contributed by atoms with E-state index in [4.69, 9.17) is 14.7 Å². The summed E-state index contributed by atoms with van der Waals surface area (Å²) in [6.45, 7) is 9.47. The van der Waals surface area contributed by atoms with Crippen molar-refractivity contribution in [1.29, 1.82) is 0 Å². The minimum atomic E-state index is -0.107. The van der Waals surface area contributed by atoms with Crippen LogP contribution in [0.15, 0.2) is 35.8 Å². The first-order chi connectivity index (χ1) is 19.4. The van der Waals surface area contributed by atoms with Crippen LogP contribution in [0.25, 0.3) is 10.9 Å². The van der Waals surface area contributed by atoms with E-state index in [-0.39, 0.29) is 17.9 Å². The van der Waals surface area contributed by atoms with Gasteiger partial charge in [0.15, 0.2) is 0 Å². The van der Waals surface area contributed by atoms with Crippen molar-refractivity contribution in [1.82, 2.24) is 25.1 Å². The van der Waals surface area contributed by atoms with Gasteiger partial charge in [-0.15, -0.1) is 11.3 Å². The zero-order valence-electron chi connectivity index (χ0n) is 23.8. The number of benzene rings is 1. The van der Waals surface area contributed by atoms with Gasteiger partial charge in [0, 0.05) is 81.5 Å². The van der Waals surface area contributed by atoms with Gasteiger partial charge in [0.05, 0.1) is 29.4 Å². The lowest BCUT2D eigenvalue weighted by Gasteiger charge is -2.30. The molecule has 4 heterocycles. The normalized spacial score (nSPS) is 17.4. The van der Waals surface area contributed by atoms with Crippen molar-refractivity contribution in [3.05, 3.63) is 46.5 Å². The molecule has 2 fully saturated rings. The van der Waals surface area contributed by atoms with E-state index in [1.165, 1.54) is 0 Å². The number of fused-ring (bicyclic) bond motifs is 1. The predicted molar refractivity (Wildman–Crippen MR) is 159 cm³/mol. The van der Waals surface area contributed by atoms with E-state index in [1.54, 1.807) is 18.4 Å². The molecule has 0 radical (unpaired) electrons. The molecule has 1 N–H and O–H groups in total. The first-order valence-electron chi connectivity index (χ1n) is 14.3. The number of hydrogen-bond acceptors (Lipinski definition) is 8. The maximum Gasteiger partial charge on any atom is 0.222 e. The Balaban J connectivity index is 1.31. The Morgan fingerprint density at radius 2 is 2.00 bits per heavy atom. The molecule has 2 saturated heterocycles. The summed E-state index contributed by atoms with van der Waals surface area (Å²) in [5.41, 5.74) is 2.95. The monoisotopic (exact) mass is 564 g/mol. The number of carbonyl (C=O) groups excluding carboxylic acids is 2. The first kappa shape index (κ1) is 28.3. The van der Waals surface area contributed by atoms with Crippen molar-refractivity contribution in [3.63, 3.8) is 0 Å². The molecule has 1 atom stereocenters. The molecule has 2 aromatic heterocycles. The van der Waals surface area contributed by atoms with Gasteiger partial charge in [-0.25, -0.2) is 4.98 Å². The number of thiazole rings is 1. The molecule has 0 saturated carbocycles. The fourth-order valence-corrected chi connectivity index (χ4v) is 6.59. The Morgan fingerprint density at radius 3 is 2.75 bits per heavy atom. The molecule has 2 amide bonds. The lowest BCUT2D eigenvalue weighted by Crippen LogP contribution is -2.39. The van der Waals surface area contributed by atoms with Crippen LogP contribution in [-0.4, -0.2) is 84.5 Å². The Bertz CT molecular complexity index is 1330. The van der Waals surface area contributed by atoms with Crippen LogP contribution >= 0.6 is 11.3 Å². The van der Waals surface area contributed by atoms with Crippen molar-refractivity contribution in [2.75, 3.05) is 57.8 Å². The van der Waals surface area contributed by atoms with E-state index in [0.29, 0.717) is 31.8 Å². The smallest absolute Gasteiger partial charge is 0.222 e. The number of rotatable bonds is 10. The van der Waals surface area contributed by atoms with Gasteiger partial charge >= 0.3 is 0 Å². The summed E-state index contributed by atoms with van der Waals surface area (Å²) in [5.74, 6) is 1.35. The zero-order valence-corrected chi connectivity index (χ0v) is 24.6. The molecule has 0 spiro atoms. The largest absolute Gasteiger partial charge is 0.494 e. The first-order valence-corrected chi connectivity index (χ1v) is 15.2. The highest BCUT2D eigenvalue weighted by atomic mass is 32.1. The van der Waals surface area contributed by atoms with Gasteiger partial charge < -0.3 is 19.9 Å². The molecule has 9 nitrogen and oxygen atoms in total. The molecule has 0 bridgehead atoms. The molecule has 1 unspecified atom stereocenters. The average Bonchev–Trinajstić information content (AvgIpc) is 3.54. The molecule has 2 aliphatic rings. The molecule has 1 aromatic carbocycles. The lowest BCUT2D eigenvalue weighted by molar-refractivity contribution is -0.128. The second kappa shape index (κ2) is 13.0. The van der Waals surface area contributed by atoms with Gasteiger partial charge in [-0.3, -0.25) is 19.5 Å². The third-order valence-corrected chi connectivity index (χ3v) is 9.01. The van der Waals surface area contributed by atoms with Gasteiger partial charge in [-0.05, 0) is 31.0 Å². The molecular formula is C30H40N6O3S. The third kappa shape index (κ3) is 6.39. The summed E-state index contributed by atoms with van der Waals surface area (Å²) in [6, 6.07) is 8.01. The fourth-order valence-electron chi connectivity index (χ4n) is 5.71. The van der Waals surface area contributed by atoms with Gasteiger partial charge in [0.1, 0.15) is 11.4 Å². The maximum absolute atomic E-state index is 13.2. The molecule has 0 aliphatic carbocycles. The molecule has 5 rings (SSSR count). The van der Waals surface area contributed by atoms with Crippen LogP contribution < -0.4 is 15.0 Å². The number of anilines is 1. The van der Waals surface area contributed by atoms with Crippen LogP contribution in [0.2, 0.25) is 0 Å². The van der Waals surface area contributed by atoms with E-state index in [9.17, 15) is 9.59 Å². The summed E-state index contributed by atoms with van der Waals surface area (Å²) in [5, 5.41) is 7.37. The lowest BCUT2D eigenvalue weighted by atomic mass is 10.1. The van der Waals surface area contributed by atoms with Crippen LogP contribution in [0.1, 0.15) is 62.2 Å². The SMILES string of the molecule is COc1ccc2cccnc2c1N1CCCN(C(CC(=O)NCCN2CCCC2=O)c2csc(C(C)C)n2)CC1. The summed E-state index contributed by atoms with van der Waals surface area (Å²) in [4.78, 5) is 41.4. The summed E-state index contributed by atoms with van der Waals surface area (Å²) in [6.07, 6.45) is 4.64. The van der Waals surface area contributed by atoms with E-state index >= 15 is 0 Å². The van der Waals surface area contributed by atoms with Crippen molar-refractivity contribution >= 4 is 39.7 Å². The molecule has 10 heteroatoms. The molecule has 40 heavy (non-hydrogen) atoms. The number of likely N-dealkylation sites (tertiary alicyclic amines) is 1. The topological polar surface area (TPSA) is 90.9 Å². The van der Waals surface area contributed by atoms with E-state index < -0.39 is 0 Å². The Morgan fingerprint density at radius 1 is 1.12 bits per heavy atom.